The van der Waals surface area contributed by atoms with Crippen molar-refractivity contribution in [2.24, 2.45) is 5.92 Å². The smallest absolute Gasteiger partial charge is 0.225 e. The second-order valence-electron chi connectivity index (χ2n) is 5.45. The molecule has 0 bridgehead atoms. The van der Waals surface area contributed by atoms with E-state index in [1.807, 2.05) is 42.4 Å². The first-order valence-corrected chi connectivity index (χ1v) is 6.68. The fourth-order valence-corrected chi connectivity index (χ4v) is 2.61. The van der Waals surface area contributed by atoms with Crippen LogP contribution in [0.15, 0.2) is 12.3 Å². The highest BCUT2D eigenvalue weighted by molar-refractivity contribution is 5.78. The molecule has 0 spiro atoms. The van der Waals surface area contributed by atoms with Gasteiger partial charge in [-0.25, -0.2) is 9.50 Å². The minimum absolute atomic E-state index is 0.0465. The minimum atomic E-state index is 0.0465. The van der Waals surface area contributed by atoms with Crippen molar-refractivity contribution >= 4 is 11.6 Å². The highest BCUT2D eigenvalue weighted by atomic mass is 16.2. The number of hydrogen-bond acceptors (Lipinski definition) is 3. The monoisotopic (exact) mass is 258 g/mol. The second-order valence-corrected chi connectivity index (χ2v) is 5.45. The van der Waals surface area contributed by atoms with Crippen molar-refractivity contribution in [3.05, 3.63) is 29.2 Å². The Labute approximate surface area is 112 Å². The molecule has 3 rings (SSSR count). The lowest BCUT2D eigenvalue weighted by Crippen LogP contribution is -2.39. The standard InChI is InChI=1S/C14H18N4O/c1-9(2)14(19)17-5-4-12-11(8-17)7-15-13-6-10(3)16-18(12)13/h6-7,9H,4-5,8H2,1-3H3. The topological polar surface area (TPSA) is 50.5 Å². The van der Waals surface area contributed by atoms with Crippen molar-refractivity contribution in [1.82, 2.24) is 19.5 Å². The molecule has 0 saturated heterocycles. The number of fused-ring (bicyclic) bond motifs is 3. The Morgan fingerprint density at radius 1 is 1.42 bits per heavy atom. The van der Waals surface area contributed by atoms with E-state index in [0.29, 0.717) is 6.54 Å². The summed E-state index contributed by atoms with van der Waals surface area (Å²) in [6, 6.07) is 1.98. The first-order chi connectivity index (χ1) is 9.06. The molecule has 0 aliphatic carbocycles. The van der Waals surface area contributed by atoms with Gasteiger partial charge in [0.05, 0.1) is 11.4 Å². The molecule has 1 aliphatic rings. The molecule has 100 valence electrons. The van der Waals surface area contributed by atoms with Gasteiger partial charge >= 0.3 is 0 Å². The number of aromatic nitrogens is 3. The summed E-state index contributed by atoms with van der Waals surface area (Å²) in [4.78, 5) is 18.4. The summed E-state index contributed by atoms with van der Waals surface area (Å²) in [5, 5.41) is 4.48. The van der Waals surface area contributed by atoms with Gasteiger partial charge in [0.2, 0.25) is 5.91 Å². The molecule has 2 aromatic heterocycles. The Kier molecular flexibility index (Phi) is 2.77. The van der Waals surface area contributed by atoms with Crippen LogP contribution in [-0.2, 0) is 17.8 Å². The van der Waals surface area contributed by atoms with Gasteiger partial charge in [-0.2, -0.15) is 5.10 Å². The van der Waals surface area contributed by atoms with E-state index in [4.69, 9.17) is 0 Å². The predicted octanol–water partition coefficient (Wildman–Crippen LogP) is 1.58. The summed E-state index contributed by atoms with van der Waals surface area (Å²) < 4.78 is 1.92. The average Bonchev–Trinajstić information content (AvgIpc) is 2.77. The van der Waals surface area contributed by atoms with E-state index < -0.39 is 0 Å². The summed E-state index contributed by atoms with van der Waals surface area (Å²) in [5.41, 5.74) is 4.16. The third kappa shape index (κ3) is 1.99. The molecule has 19 heavy (non-hydrogen) atoms. The van der Waals surface area contributed by atoms with Gasteiger partial charge in [-0.05, 0) is 6.92 Å². The van der Waals surface area contributed by atoms with Gasteiger partial charge in [0.25, 0.3) is 0 Å². The van der Waals surface area contributed by atoms with Gasteiger partial charge in [-0.1, -0.05) is 13.8 Å². The molecule has 5 heteroatoms. The van der Waals surface area contributed by atoms with Gasteiger partial charge in [0.15, 0.2) is 5.65 Å². The summed E-state index contributed by atoms with van der Waals surface area (Å²) in [6.45, 7) is 7.26. The number of carbonyl (C=O) groups excluding carboxylic acids is 1. The van der Waals surface area contributed by atoms with Crippen molar-refractivity contribution < 1.29 is 4.79 Å². The van der Waals surface area contributed by atoms with Crippen molar-refractivity contribution in [2.45, 2.75) is 33.7 Å². The maximum absolute atomic E-state index is 12.1. The zero-order valence-corrected chi connectivity index (χ0v) is 11.6. The number of amides is 1. The Bertz CT molecular complexity index is 644. The maximum atomic E-state index is 12.1. The van der Waals surface area contributed by atoms with Crippen molar-refractivity contribution in [1.29, 1.82) is 0 Å². The molecule has 0 unspecified atom stereocenters. The zero-order valence-electron chi connectivity index (χ0n) is 11.6. The number of aryl methyl sites for hydroxylation is 1. The van der Waals surface area contributed by atoms with Crippen LogP contribution in [0.2, 0.25) is 0 Å². The predicted molar refractivity (Wildman–Crippen MR) is 71.7 cm³/mol. The molecular formula is C14H18N4O. The first kappa shape index (κ1) is 12.1. The SMILES string of the molecule is Cc1cc2ncc3c(n2n1)CCN(C(=O)C(C)C)C3. The third-order valence-corrected chi connectivity index (χ3v) is 3.58. The average molecular weight is 258 g/mol. The third-order valence-electron chi connectivity index (χ3n) is 3.58. The minimum Gasteiger partial charge on any atom is -0.338 e. The van der Waals surface area contributed by atoms with E-state index in [2.05, 4.69) is 10.1 Å². The molecule has 2 aromatic rings. The van der Waals surface area contributed by atoms with E-state index in [9.17, 15) is 4.79 Å². The fourth-order valence-electron chi connectivity index (χ4n) is 2.61. The van der Waals surface area contributed by atoms with Gasteiger partial charge in [-0.3, -0.25) is 4.79 Å². The molecule has 5 nitrogen and oxygen atoms in total. The van der Waals surface area contributed by atoms with Crippen LogP contribution < -0.4 is 0 Å². The van der Waals surface area contributed by atoms with E-state index in [1.165, 1.54) is 5.69 Å². The number of rotatable bonds is 1. The second kappa shape index (κ2) is 4.33. The Hall–Kier alpha value is -1.91. The molecule has 1 aliphatic heterocycles. The van der Waals surface area contributed by atoms with Crippen LogP contribution in [0.4, 0.5) is 0 Å². The molecule has 0 radical (unpaired) electrons. The van der Waals surface area contributed by atoms with Gasteiger partial charge in [-0.15, -0.1) is 0 Å². The molecule has 1 amide bonds. The Morgan fingerprint density at radius 2 is 2.21 bits per heavy atom. The summed E-state index contributed by atoms with van der Waals surface area (Å²) in [6.07, 6.45) is 2.72. The van der Waals surface area contributed by atoms with Crippen LogP contribution in [0.5, 0.6) is 0 Å². The quantitative estimate of drug-likeness (QED) is 0.780. The lowest BCUT2D eigenvalue weighted by atomic mass is 10.1. The van der Waals surface area contributed by atoms with Gasteiger partial charge in [0.1, 0.15) is 0 Å². The van der Waals surface area contributed by atoms with Crippen LogP contribution in [0, 0.1) is 12.8 Å². The summed E-state index contributed by atoms with van der Waals surface area (Å²) in [5.74, 6) is 0.257. The molecular weight excluding hydrogens is 240 g/mol. The van der Waals surface area contributed by atoms with Crippen molar-refractivity contribution in [3.8, 4) is 0 Å². The highest BCUT2D eigenvalue weighted by Crippen LogP contribution is 2.20. The number of hydrogen-bond donors (Lipinski definition) is 0. The summed E-state index contributed by atoms with van der Waals surface area (Å²) in [7, 11) is 0. The van der Waals surface area contributed by atoms with Crippen LogP contribution in [0.1, 0.15) is 30.8 Å². The first-order valence-electron chi connectivity index (χ1n) is 6.68. The Balaban J connectivity index is 1.98. The largest absolute Gasteiger partial charge is 0.338 e. The van der Waals surface area contributed by atoms with E-state index in [1.54, 1.807) is 0 Å². The van der Waals surface area contributed by atoms with Gasteiger partial charge < -0.3 is 4.90 Å². The lowest BCUT2D eigenvalue weighted by molar-refractivity contribution is -0.135. The summed E-state index contributed by atoms with van der Waals surface area (Å²) >= 11 is 0. The normalized spacial score (nSPS) is 15.1. The van der Waals surface area contributed by atoms with Crippen molar-refractivity contribution in [3.63, 3.8) is 0 Å². The zero-order chi connectivity index (χ0) is 13.6. The molecule has 0 atom stereocenters. The van der Waals surface area contributed by atoms with Crippen LogP contribution in [0.3, 0.4) is 0 Å². The number of nitrogens with zero attached hydrogens (tertiary/aromatic N) is 4. The van der Waals surface area contributed by atoms with Gasteiger partial charge in [0, 0.05) is 43.3 Å². The highest BCUT2D eigenvalue weighted by Gasteiger charge is 2.24. The molecule has 0 N–H and O–H groups in total. The van der Waals surface area contributed by atoms with Crippen LogP contribution in [-0.4, -0.2) is 31.9 Å². The molecule has 0 aromatic carbocycles. The lowest BCUT2D eigenvalue weighted by Gasteiger charge is -2.30. The molecule has 0 saturated carbocycles. The molecule has 3 heterocycles. The van der Waals surface area contributed by atoms with E-state index >= 15 is 0 Å². The van der Waals surface area contributed by atoms with E-state index in [-0.39, 0.29) is 11.8 Å². The Morgan fingerprint density at radius 3 is 2.95 bits per heavy atom. The van der Waals surface area contributed by atoms with Crippen molar-refractivity contribution in [2.75, 3.05) is 6.54 Å². The number of carbonyl (C=O) groups is 1. The maximum Gasteiger partial charge on any atom is 0.225 e. The van der Waals surface area contributed by atoms with Crippen LogP contribution in [0.25, 0.3) is 5.65 Å². The van der Waals surface area contributed by atoms with E-state index in [0.717, 1.165) is 29.9 Å². The van der Waals surface area contributed by atoms with Crippen LogP contribution >= 0.6 is 0 Å². The molecule has 0 fully saturated rings. The fraction of sp³-hybridized carbons (Fsp3) is 0.500.